The number of nitrogens with zero attached hydrogens (tertiary/aromatic N) is 2. The fourth-order valence-corrected chi connectivity index (χ4v) is 3.65. The summed E-state index contributed by atoms with van der Waals surface area (Å²) >= 11 is 0. The van der Waals surface area contributed by atoms with Crippen molar-refractivity contribution in [1.82, 2.24) is 9.80 Å². The lowest BCUT2D eigenvalue weighted by molar-refractivity contribution is 0.0782. The molecule has 0 radical (unpaired) electrons. The maximum Gasteiger partial charge on any atom is 0.254 e. The van der Waals surface area contributed by atoms with Crippen LogP contribution >= 0.6 is 0 Å². The maximum absolute atomic E-state index is 12.6. The summed E-state index contributed by atoms with van der Waals surface area (Å²) in [6.45, 7) is 5.56. The summed E-state index contributed by atoms with van der Waals surface area (Å²) in [7, 11) is 1.73. The minimum Gasteiger partial charge on any atom is -0.508 e. The number of phenols is 1. The summed E-state index contributed by atoms with van der Waals surface area (Å²) in [5.74, 6) is 1.36. The predicted molar refractivity (Wildman–Crippen MR) is 83.9 cm³/mol. The Morgan fingerprint density at radius 1 is 1.32 bits per heavy atom. The molecule has 5 nitrogen and oxygen atoms in total. The first kappa shape index (κ1) is 15.3. The van der Waals surface area contributed by atoms with Crippen molar-refractivity contribution in [2.24, 2.45) is 11.8 Å². The molecule has 2 atom stereocenters. The van der Waals surface area contributed by atoms with Gasteiger partial charge in [0.25, 0.3) is 5.91 Å². The van der Waals surface area contributed by atoms with Crippen molar-refractivity contribution in [3.05, 3.63) is 29.8 Å². The molecule has 1 aromatic carbocycles. The molecule has 0 saturated carbocycles. The maximum atomic E-state index is 12.6. The van der Waals surface area contributed by atoms with Gasteiger partial charge in [-0.1, -0.05) is 6.07 Å². The fraction of sp³-hybridized carbons (Fsp3) is 0.588. The monoisotopic (exact) mass is 304 g/mol. The van der Waals surface area contributed by atoms with Crippen LogP contribution in [0.15, 0.2) is 24.3 Å². The van der Waals surface area contributed by atoms with E-state index in [9.17, 15) is 9.90 Å². The van der Waals surface area contributed by atoms with Gasteiger partial charge in [0, 0.05) is 38.9 Å². The van der Waals surface area contributed by atoms with Gasteiger partial charge in [-0.15, -0.1) is 0 Å². The van der Waals surface area contributed by atoms with Crippen LogP contribution < -0.4 is 0 Å². The van der Waals surface area contributed by atoms with E-state index in [0.29, 0.717) is 17.4 Å². The van der Waals surface area contributed by atoms with Crippen LogP contribution in [0.5, 0.6) is 5.75 Å². The molecular weight excluding hydrogens is 280 g/mol. The van der Waals surface area contributed by atoms with Crippen molar-refractivity contribution in [2.45, 2.75) is 6.42 Å². The highest BCUT2D eigenvalue weighted by molar-refractivity contribution is 5.94. The Bertz CT molecular complexity index is 534. The largest absolute Gasteiger partial charge is 0.508 e. The smallest absolute Gasteiger partial charge is 0.254 e. The molecule has 22 heavy (non-hydrogen) atoms. The van der Waals surface area contributed by atoms with Crippen LogP contribution in [0.1, 0.15) is 16.8 Å². The van der Waals surface area contributed by atoms with Gasteiger partial charge in [-0.05, 0) is 43.0 Å². The quantitative estimate of drug-likeness (QED) is 0.914. The van der Waals surface area contributed by atoms with Gasteiger partial charge in [0.15, 0.2) is 0 Å². The third-order valence-corrected chi connectivity index (χ3v) is 4.88. The van der Waals surface area contributed by atoms with Gasteiger partial charge in [0.05, 0.1) is 6.61 Å². The number of aromatic hydroxyl groups is 1. The average molecular weight is 304 g/mol. The minimum atomic E-state index is 0.0359. The number of carbonyl (C=O) groups is 1. The van der Waals surface area contributed by atoms with E-state index in [1.807, 2.05) is 4.90 Å². The number of likely N-dealkylation sites (tertiary alicyclic amines) is 2. The van der Waals surface area contributed by atoms with Crippen molar-refractivity contribution in [3.63, 3.8) is 0 Å². The molecular formula is C17H24N2O3. The predicted octanol–water partition coefficient (Wildman–Crippen LogP) is 1.43. The Labute approximate surface area is 131 Å². The number of hydrogen-bond acceptors (Lipinski definition) is 4. The molecule has 0 aromatic heterocycles. The van der Waals surface area contributed by atoms with Gasteiger partial charge in [-0.25, -0.2) is 0 Å². The van der Waals surface area contributed by atoms with Crippen LogP contribution in [-0.4, -0.2) is 67.3 Å². The van der Waals surface area contributed by atoms with Crippen LogP contribution in [-0.2, 0) is 4.74 Å². The number of benzene rings is 1. The molecule has 0 aliphatic carbocycles. The number of hydrogen-bond donors (Lipinski definition) is 1. The molecule has 2 fully saturated rings. The van der Waals surface area contributed by atoms with E-state index in [1.165, 1.54) is 0 Å². The normalized spacial score (nSPS) is 25.2. The zero-order valence-electron chi connectivity index (χ0n) is 13.1. The first-order valence-electron chi connectivity index (χ1n) is 7.97. The molecule has 2 saturated heterocycles. The Morgan fingerprint density at radius 2 is 2.14 bits per heavy atom. The van der Waals surface area contributed by atoms with E-state index in [4.69, 9.17) is 4.74 Å². The molecule has 2 aliphatic rings. The molecule has 5 heteroatoms. The van der Waals surface area contributed by atoms with E-state index < -0.39 is 0 Å². The van der Waals surface area contributed by atoms with Gasteiger partial charge in [0.1, 0.15) is 5.75 Å². The molecule has 1 amide bonds. The fourth-order valence-electron chi connectivity index (χ4n) is 3.65. The van der Waals surface area contributed by atoms with Crippen molar-refractivity contribution in [3.8, 4) is 5.75 Å². The molecule has 0 spiro atoms. The van der Waals surface area contributed by atoms with Crippen molar-refractivity contribution in [1.29, 1.82) is 0 Å². The Kier molecular flexibility index (Phi) is 4.64. The molecule has 2 aliphatic heterocycles. The molecule has 1 N–H and O–H groups in total. The number of fused-ring (bicyclic) bond motifs is 1. The zero-order valence-corrected chi connectivity index (χ0v) is 13.1. The van der Waals surface area contributed by atoms with E-state index >= 15 is 0 Å². The number of methoxy groups -OCH3 is 1. The van der Waals surface area contributed by atoms with Crippen molar-refractivity contribution in [2.75, 3.05) is 46.4 Å². The topological polar surface area (TPSA) is 53.0 Å². The number of rotatable bonds is 4. The molecule has 0 bridgehead atoms. The Morgan fingerprint density at radius 3 is 2.91 bits per heavy atom. The third-order valence-electron chi connectivity index (χ3n) is 4.88. The van der Waals surface area contributed by atoms with Gasteiger partial charge < -0.3 is 19.6 Å². The van der Waals surface area contributed by atoms with E-state index in [1.54, 1.807) is 31.4 Å². The first-order valence-corrected chi connectivity index (χ1v) is 7.97. The van der Waals surface area contributed by atoms with E-state index in [-0.39, 0.29) is 11.7 Å². The van der Waals surface area contributed by atoms with Gasteiger partial charge in [-0.2, -0.15) is 0 Å². The van der Waals surface area contributed by atoms with Gasteiger partial charge in [0.2, 0.25) is 0 Å². The number of phenolic OH excluding ortho intramolecular Hbond substituents is 1. The van der Waals surface area contributed by atoms with Crippen molar-refractivity contribution >= 4 is 5.91 Å². The molecule has 3 rings (SSSR count). The second-order valence-corrected chi connectivity index (χ2v) is 6.36. The van der Waals surface area contributed by atoms with Crippen LogP contribution in [0, 0.1) is 11.8 Å². The molecule has 2 heterocycles. The lowest BCUT2D eigenvalue weighted by atomic mass is 9.89. The zero-order chi connectivity index (χ0) is 15.5. The van der Waals surface area contributed by atoms with Crippen LogP contribution in [0.2, 0.25) is 0 Å². The second-order valence-electron chi connectivity index (χ2n) is 6.36. The van der Waals surface area contributed by atoms with Gasteiger partial charge >= 0.3 is 0 Å². The summed E-state index contributed by atoms with van der Waals surface area (Å²) in [6, 6.07) is 6.64. The lowest BCUT2D eigenvalue weighted by Crippen LogP contribution is -2.41. The molecule has 120 valence electrons. The summed E-state index contributed by atoms with van der Waals surface area (Å²) < 4.78 is 5.15. The summed E-state index contributed by atoms with van der Waals surface area (Å²) in [5.41, 5.74) is 0.579. The van der Waals surface area contributed by atoms with Gasteiger partial charge in [-0.3, -0.25) is 4.79 Å². The Hall–Kier alpha value is -1.59. The summed E-state index contributed by atoms with van der Waals surface area (Å²) in [5, 5.41) is 9.54. The highest BCUT2D eigenvalue weighted by atomic mass is 16.5. The third kappa shape index (κ3) is 3.25. The average Bonchev–Trinajstić information content (AvgIpc) is 2.95. The SMILES string of the molecule is COCCN1CC[C@H]2CN(C(=O)c3cccc(O)c3)C[C@H]2C1. The molecule has 1 aromatic rings. The van der Waals surface area contributed by atoms with Crippen LogP contribution in [0.25, 0.3) is 0 Å². The lowest BCUT2D eigenvalue weighted by Gasteiger charge is -2.33. The number of ether oxygens (including phenoxy) is 1. The summed E-state index contributed by atoms with van der Waals surface area (Å²) in [6.07, 6.45) is 1.15. The first-order chi connectivity index (χ1) is 10.7. The number of carbonyl (C=O) groups excluding carboxylic acids is 1. The standard InChI is InChI=1S/C17H24N2O3/c1-22-8-7-18-6-5-14-11-19(12-15(14)10-18)17(21)13-3-2-4-16(20)9-13/h2-4,9,14-15,20H,5-8,10-12H2,1H3/t14-,15+/m0/s1. The van der Waals surface area contributed by atoms with E-state index in [2.05, 4.69) is 4.90 Å². The number of amides is 1. The second kappa shape index (κ2) is 6.67. The van der Waals surface area contributed by atoms with Crippen LogP contribution in [0.4, 0.5) is 0 Å². The number of piperidine rings is 1. The van der Waals surface area contributed by atoms with Crippen molar-refractivity contribution < 1.29 is 14.6 Å². The Balaban J connectivity index is 1.61. The highest BCUT2D eigenvalue weighted by Crippen LogP contribution is 2.32. The van der Waals surface area contributed by atoms with Crippen LogP contribution in [0.3, 0.4) is 0 Å². The summed E-state index contributed by atoms with van der Waals surface area (Å²) in [4.78, 5) is 17.0. The molecule has 0 unspecified atom stereocenters. The minimum absolute atomic E-state index is 0.0359. The highest BCUT2D eigenvalue weighted by Gasteiger charge is 2.38. The van der Waals surface area contributed by atoms with E-state index in [0.717, 1.165) is 45.8 Å².